The minimum atomic E-state index is -1.02. The van der Waals surface area contributed by atoms with Crippen molar-refractivity contribution < 1.29 is 8.78 Å². The van der Waals surface area contributed by atoms with E-state index in [9.17, 15) is 8.78 Å². The zero-order valence-corrected chi connectivity index (χ0v) is 10.5. The molecule has 96 valence electrons. The molecule has 0 bridgehead atoms. The first-order chi connectivity index (χ1) is 9.13. The second-order valence-corrected chi connectivity index (χ2v) is 4.24. The van der Waals surface area contributed by atoms with Gasteiger partial charge in [-0.3, -0.25) is 0 Å². The molecule has 0 amide bonds. The molecule has 2 nitrogen and oxygen atoms in total. The van der Waals surface area contributed by atoms with Gasteiger partial charge < -0.3 is 5.32 Å². The average Bonchev–Trinajstić information content (AvgIpc) is 2.41. The Kier molecular flexibility index (Phi) is 3.98. The average molecular weight is 279 g/mol. The van der Waals surface area contributed by atoms with Gasteiger partial charge in [-0.25, -0.2) is 8.78 Å². The Morgan fingerprint density at radius 1 is 1.11 bits per heavy atom. The van der Waals surface area contributed by atoms with Crippen LogP contribution in [-0.4, -0.2) is 0 Å². The van der Waals surface area contributed by atoms with Gasteiger partial charge in [-0.05, 0) is 18.2 Å². The Balaban J connectivity index is 2.34. The van der Waals surface area contributed by atoms with Crippen LogP contribution in [0, 0.1) is 23.0 Å². The van der Waals surface area contributed by atoms with Crippen molar-refractivity contribution in [3.05, 3.63) is 64.7 Å². The van der Waals surface area contributed by atoms with E-state index >= 15 is 0 Å². The van der Waals surface area contributed by atoms with Gasteiger partial charge >= 0.3 is 0 Å². The number of benzene rings is 2. The number of hydrogen-bond donors (Lipinski definition) is 1. The molecular formula is C14H9ClF2N2. The molecule has 2 rings (SSSR count). The minimum absolute atomic E-state index is 0.0758. The van der Waals surface area contributed by atoms with Crippen LogP contribution in [0.15, 0.2) is 42.5 Å². The van der Waals surface area contributed by atoms with Crippen molar-refractivity contribution in [2.24, 2.45) is 0 Å². The first-order valence-corrected chi connectivity index (χ1v) is 5.86. The molecule has 0 radical (unpaired) electrons. The monoisotopic (exact) mass is 278 g/mol. The van der Waals surface area contributed by atoms with Crippen molar-refractivity contribution in [1.82, 2.24) is 0 Å². The highest BCUT2D eigenvalue weighted by Crippen LogP contribution is 2.26. The fraction of sp³-hybridized carbons (Fsp3) is 0.0714. The van der Waals surface area contributed by atoms with Crippen molar-refractivity contribution in [2.45, 2.75) is 6.04 Å². The van der Waals surface area contributed by atoms with Crippen molar-refractivity contribution in [2.75, 3.05) is 5.32 Å². The highest BCUT2D eigenvalue weighted by molar-refractivity contribution is 6.30. The summed E-state index contributed by atoms with van der Waals surface area (Å²) in [4.78, 5) is 0. The molecule has 0 heterocycles. The summed E-state index contributed by atoms with van der Waals surface area (Å²) >= 11 is 5.66. The number of para-hydroxylation sites is 1. The predicted molar refractivity (Wildman–Crippen MR) is 69.8 cm³/mol. The largest absolute Gasteiger partial charge is 0.364 e. The van der Waals surface area contributed by atoms with Gasteiger partial charge in [0, 0.05) is 5.56 Å². The predicted octanol–water partition coefficient (Wildman–Crippen LogP) is 4.29. The number of rotatable bonds is 3. The first kappa shape index (κ1) is 13.3. The van der Waals surface area contributed by atoms with Gasteiger partial charge in [-0.1, -0.05) is 35.9 Å². The molecule has 0 aliphatic rings. The Morgan fingerprint density at radius 3 is 2.53 bits per heavy atom. The third kappa shape index (κ3) is 2.83. The highest BCUT2D eigenvalue weighted by Gasteiger charge is 2.18. The van der Waals surface area contributed by atoms with Gasteiger partial charge in [0.15, 0.2) is 0 Å². The molecule has 1 N–H and O–H groups in total. The fourth-order valence-corrected chi connectivity index (χ4v) is 1.84. The van der Waals surface area contributed by atoms with Crippen LogP contribution in [0.3, 0.4) is 0 Å². The Hall–Kier alpha value is -2.12. The summed E-state index contributed by atoms with van der Waals surface area (Å²) < 4.78 is 27.3. The number of anilines is 1. The molecule has 0 fully saturated rings. The first-order valence-electron chi connectivity index (χ1n) is 5.48. The zero-order chi connectivity index (χ0) is 13.8. The third-order valence-electron chi connectivity index (χ3n) is 2.60. The smallest absolute Gasteiger partial charge is 0.148 e. The van der Waals surface area contributed by atoms with Gasteiger partial charge in [-0.2, -0.15) is 5.26 Å². The summed E-state index contributed by atoms with van der Waals surface area (Å²) in [5.74, 6) is -1.19. The second kappa shape index (κ2) is 5.68. The number of hydrogen-bond acceptors (Lipinski definition) is 2. The number of nitriles is 1. The quantitative estimate of drug-likeness (QED) is 0.909. The van der Waals surface area contributed by atoms with Gasteiger partial charge in [0.05, 0.1) is 16.8 Å². The van der Waals surface area contributed by atoms with E-state index < -0.39 is 17.7 Å². The summed E-state index contributed by atoms with van der Waals surface area (Å²) in [6.45, 7) is 0. The number of nitrogens with zero attached hydrogens (tertiary/aromatic N) is 1. The molecule has 2 aromatic carbocycles. The van der Waals surface area contributed by atoms with Gasteiger partial charge in [0.1, 0.15) is 17.7 Å². The molecule has 1 atom stereocenters. The van der Waals surface area contributed by atoms with E-state index in [0.717, 1.165) is 0 Å². The lowest BCUT2D eigenvalue weighted by Gasteiger charge is -2.15. The van der Waals surface area contributed by atoms with Crippen LogP contribution in [-0.2, 0) is 0 Å². The van der Waals surface area contributed by atoms with E-state index in [1.807, 2.05) is 6.07 Å². The third-order valence-corrected chi connectivity index (χ3v) is 2.89. The summed E-state index contributed by atoms with van der Waals surface area (Å²) in [5.41, 5.74) is 0.215. The van der Waals surface area contributed by atoms with E-state index in [0.29, 0.717) is 0 Å². The van der Waals surface area contributed by atoms with E-state index in [1.54, 1.807) is 6.07 Å². The lowest BCUT2D eigenvalue weighted by Crippen LogP contribution is -2.11. The normalized spacial score (nSPS) is 11.7. The molecule has 5 heteroatoms. The van der Waals surface area contributed by atoms with Crippen LogP contribution < -0.4 is 5.32 Å². The standard InChI is InChI=1S/C14H9ClF2N2/c15-10-5-3-4-9(14(10)17)13(8-18)19-12-7-2-1-6-11(12)16/h1-7,13,19H. The Morgan fingerprint density at radius 2 is 1.84 bits per heavy atom. The molecule has 0 spiro atoms. The number of nitrogens with one attached hydrogen (secondary N) is 1. The van der Waals surface area contributed by atoms with Crippen molar-refractivity contribution in [3.8, 4) is 6.07 Å². The SMILES string of the molecule is N#CC(Nc1ccccc1F)c1cccc(Cl)c1F. The van der Waals surface area contributed by atoms with Crippen molar-refractivity contribution in [1.29, 1.82) is 5.26 Å². The van der Waals surface area contributed by atoms with Gasteiger partial charge in [-0.15, -0.1) is 0 Å². The Labute approximate surface area is 114 Å². The maximum atomic E-state index is 13.8. The van der Waals surface area contributed by atoms with E-state index in [1.165, 1.54) is 36.4 Å². The lowest BCUT2D eigenvalue weighted by atomic mass is 10.1. The van der Waals surface area contributed by atoms with Gasteiger partial charge in [0.2, 0.25) is 0 Å². The van der Waals surface area contributed by atoms with Crippen LogP contribution >= 0.6 is 11.6 Å². The molecule has 0 aliphatic heterocycles. The van der Waals surface area contributed by atoms with Gasteiger partial charge in [0.25, 0.3) is 0 Å². The van der Waals surface area contributed by atoms with E-state index in [-0.39, 0.29) is 16.3 Å². The highest BCUT2D eigenvalue weighted by atomic mass is 35.5. The van der Waals surface area contributed by atoms with E-state index in [2.05, 4.69) is 5.32 Å². The van der Waals surface area contributed by atoms with Crippen LogP contribution in [0.2, 0.25) is 5.02 Å². The summed E-state index contributed by atoms with van der Waals surface area (Å²) in [5, 5.41) is 11.7. The molecule has 0 saturated heterocycles. The van der Waals surface area contributed by atoms with Crippen LogP contribution in [0.25, 0.3) is 0 Å². The summed E-state index contributed by atoms with van der Waals surface area (Å²) in [6.07, 6.45) is 0. The van der Waals surface area contributed by atoms with Crippen LogP contribution in [0.4, 0.5) is 14.5 Å². The van der Waals surface area contributed by atoms with Crippen LogP contribution in [0.5, 0.6) is 0 Å². The Bertz CT molecular complexity index is 638. The summed E-state index contributed by atoms with van der Waals surface area (Å²) in [6, 6.07) is 11.1. The molecule has 1 unspecified atom stereocenters. The second-order valence-electron chi connectivity index (χ2n) is 3.83. The zero-order valence-electron chi connectivity index (χ0n) is 9.70. The maximum Gasteiger partial charge on any atom is 0.148 e. The molecule has 2 aromatic rings. The minimum Gasteiger partial charge on any atom is -0.364 e. The molecule has 0 aliphatic carbocycles. The molecule has 0 saturated carbocycles. The molecule has 0 aromatic heterocycles. The topological polar surface area (TPSA) is 35.8 Å². The number of halogens is 3. The molecule has 19 heavy (non-hydrogen) atoms. The fourth-order valence-electron chi connectivity index (χ4n) is 1.66. The van der Waals surface area contributed by atoms with E-state index in [4.69, 9.17) is 16.9 Å². The molecular weight excluding hydrogens is 270 g/mol. The van der Waals surface area contributed by atoms with Crippen molar-refractivity contribution in [3.63, 3.8) is 0 Å². The maximum absolute atomic E-state index is 13.8. The van der Waals surface area contributed by atoms with Crippen LogP contribution in [0.1, 0.15) is 11.6 Å². The summed E-state index contributed by atoms with van der Waals surface area (Å²) in [7, 11) is 0. The van der Waals surface area contributed by atoms with Crippen molar-refractivity contribution >= 4 is 17.3 Å². The lowest BCUT2D eigenvalue weighted by molar-refractivity contribution is 0.604.